The van der Waals surface area contributed by atoms with Crippen molar-refractivity contribution in [3.63, 3.8) is 0 Å². The molecule has 1 aromatic carbocycles. The summed E-state index contributed by atoms with van der Waals surface area (Å²) in [6.45, 7) is 0.548. The Bertz CT molecular complexity index is 423. The van der Waals surface area contributed by atoms with Gasteiger partial charge in [-0.1, -0.05) is 0 Å². The van der Waals surface area contributed by atoms with E-state index in [4.69, 9.17) is 10.8 Å². The van der Waals surface area contributed by atoms with Crippen molar-refractivity contribution in [1.82, 2.24) is 5.32 Å². The van der Waals surface area contributed by atoms with Crippen molar-refractivity contribution < 1.29 is 20.1 Å². The summed E-state index contributed by atoms with van der Waals surface area (Å²) in [5, 5.41) is 31.4. The van der Waals surface area contributed by atoms with Crippen LogP contribution in [0.1, 0.15) is 28.4 Å². The molecule has 0 spiro atoms. The first-order chi connectivity index (χ1) is 8.45. The van der Waals surface area contributed by atoms with E-state index in [0.29, 0.717) is 18.5 Å². The van der Waals surface area contributed by atoms with Gasteiger partial charge in [-0.15, -0.1) is 0 Å². The summed E-state index contributed by atoms with van der Waals surface area (Å²) in [7, 11) is 1.74. The number of aliphatic hydroxyl groups is 2. The van der Waals surface area contributed by atoms with Crippen molar-refractivity contribution in [3.8, 4) is 0 Å². The van der Waals surface area contributed by atoms with E-state index in [9.17, 15) is 15.0 Å². The largest absolute Gasteiger partial charge is 0.478 e. The van der Waals surface area contributed by atoms with Gasteiger partial charge in [0.15, 0.2) is 0 Å². The minimum absolute atomic E-state index is 0.00938. The average molecular weight is 254 g/mol. The number of hydrogen-bond donors (Lipinski definition) is 5. The molecule has 0 heterocycles. The minimum Gasteiger partial charge on any atom is -0.478 e. The number of carboxylic acid groups (broad SMARTS) is 1. The predicted octanol–water partition coefficient (Wildman–Crippen LogP) is -0.0292. The highest BCUT2D eigenvalue weighted by Crippen LogP contribution is 2.22. The van der Waals surface area contributed by atoms with Gasteiger partial charge in [-0.05, 0) is 43.8 Å². The number of aliphatic hydroxyl groups excluding tert-OH is 2. The van der Waals surface area contributed by atoms with Gasteiger partial charge in [0.1, 0.15) is 6.10 Å². The van der Waals surface area contributed by atoms with Gasteiger partial charge in [0.25, 0.3) is 0 Å². The fraction of sp³-hybridized carbons (Fsp3) is 0.417. The van der Waals surface area contributed by atoms with Crippen molar-refractivity contribution in [2.75, 3.05) is 19.3 Å². The zero-order valence-corrected chi connectivity index (χ0v) is 10.1. The molecule has 0 radical (unpaired) electrons. The highest BCUT2D eigenvalue weighted by molar-refractivity contribution is 5.89. The van der Waals surface area contributed by atoms with E-state index >= 15 is 0 Å². The molecule has 6 N–H and O–H groups in total. The molecule has 2 unspecified atom stereocenters. The number of hydrogen-bond acceptors (Lipinski definition) is 5. The zero-order valence-electron chi connectivity index (χ0n) is 10.1. The summed E-state index contributed by atoms with van der Waals surface area (Å²) < 4.78 is 0. The number of anilines is 1. The third kappa shape index (κ3) is 3.69. The Labute approximate surface area is 105 Å². The quantitative estimate of drug-likeness (QED) is 0.455. The summed E-state index contributed by atoms with van der Waals surface area (Å²) in [4.78, 5) is 10.9. The predicted molar refractivity (Wildman–Crippen MR) is 67.3 cm³/mol. The molecule has 100 valence electrons. The van der Waals surface area contributed by atoms with Gasteiger partial charge in [-0.2, -0.15) is 0 Å². The average Bonchev–Trinajstić information content (AvgIpc) is 2.34. The van der Waals surface area contributed by atoms with Crippen LogP contribution in [0.25, 0.3) is 0 Å². The SMILES string of the molecule is CNCCC(O)C(O)c1cc(N)cc(C(=O)O)c1. The van der Waals surface area contributed by atoms with Crippen LogP contribution in [0.4, 0.5) is 5.69 Å². The lowest BCUT2D eigenvalue weighted by atomic mass is 9.99. The van der Waals surface area contributed by atoms with Crippen LogP contribution in [-0.4, -0.2) is 41.0 Å². The third-order valence-corrected chi connectivity index (χ3v) is 2.62. The molecule has 0 aliphatic rings. The van der Waals surface area contributed by atoms with Crippen molar-refractivity contribution >= 4 is 11.7 Å². The second-order valence-electron chi connectivity index (χ2n) is 4.10. The Hall–Kier alpha value is -1.63. The Kier molecular flexibility index (Phi) is 5.08. The van der Waals surface area contributed by atoms with Crippen LogP contribution in [0.15, 0.2) is 18.2 Å². The van der Waals surface area contributed by atoms with Crippen LogP contribution in [0.2, 0.25) is 0 Å². The molecule has 6 nitrogen and oxygen atoms in total. The second-order valence-corrected chi connectivity index (χ2v) is 4.10. The maximum atomic E-state index is 10.9. The number of carbonyl (C=O) groups is 1. The van der Waals surface area contributed by atoms with Crippen LogP contribution in [-0.2, 0) is 0 Å². The van der Waals surface area contributed by atoms with E-state index in [-0.39, 0.29) is 11.3 Å². The molecule has 0 aromatic heterocycles. The van der Waals surface area contributed by atoms with Gasteiger partial charge >= 0.3 is 5.97 Å². The lowest BCUT2D eigenvalue weighted by molar-refractivity contribution is 0.0140. The molecule has 1 aromatic rings. The molecule has 0 saturated heterocycles. The lowest BCUT2D eigenvalue weighted by Gasteiger charge is -2.18. The minimum atomic E-state index is -1.15. The van der Waals surface area contributed by atoms with Gasteiger partial charge in [0, 0.05) is 5.69 Å². The van der Waals surface area contributed by atoms with Crippen molar-refractivity contribution in [2.24, 2.45) is 0 Å². The van der Waals surface area contributed by atoms with Crippen molar-refractivity contribution in [1.29, 1.82) is 0 Å². The fourth-order valence-corrected chi connectivity index (χ4v) is 1.64. The first-order valence-electron chi connectivity index (χ1n) is 5.60. The van der Waals surface area contributed by atoms with Crippen LogP contribution in [0.3, 0.4) is 0 Å². The molecule has 1 rings (SSSR count). The van der Waals surface area contributed by atoms with E-state index in [1.54, 1.807) is 7.05 Å². The summed E-state index contributed by atoms with van der Waals surface area (Å²) in [5.41, 5.74) is 6.10. The maximum Gasteiger partial charge on any atom is 0.335 e. The molecule has 2 atom stereocenters. The zero-order chi connectivity index (χ0) is 13.7. The number of nitrogen functional groups attached to an aromatic ring is 1. The smallest absolute Gasteiger partial charge is 0.335 e. The van der Waals surface area contributed by atoms with Gasteiger partial charge < -0.3 is 26.4 Å². The second kappa shape index (κ2) is 6.34. The number of carboxylic acids is 1. The van der Waals surface area contributed by atoms with E-state index in [2.05, 4.69) is 5.32 Å². The topological polar surface area (TPSA) is 116 Å². The van der Waals surface area contributed by atoms with E-state index in [1.807, 2.05) is 0 Å². The van der Waals surface area contributed by atoms with E-state index in [1.165, 1.54) is 18.2 Å². The van der Waals surface area contributed by atoms with E-state index < -0.39 is 18.2 Å². The molecule has 0 fully saturated rings. The van der Waals surface area contributed by atoms with Crippen molar-refractivity contribution in [2.45, 2.75) is 18.6 Å². The van der Waals surface area contributed by atoms with Crippen molar-refractivity contribution in [3.05, 3.63) is 29.3 Å². The summed E-state index contributed by atoms with van der Waals surface area (Å²) >= 11 is 0. The van der Waals surface area contributed by atoms with Gasteiger partial charge in [0.2, 0.25) is 0 Å². The molecule has 0 aliphatic carbocycles. The lowest BCUT2D eigenvalue weighted by Crippen LogP contribution is -2.23. The molecular formula is C12H18N2O4. The maximum absolute atomic E-state index is 10.9. The summed E-state index contributed by atoms with van der Waals surface area (Å²) in [5.74, 6) is -1.12. The van der Waals surface area contributed by atoms with Crippen LogP contribution >= 0.6 is 0 Å². The number of aromatic carboxylic acids is 1. The molecule has 0 bridgehead atoms. The molecular weight excluding hydrogens is 236 g/mol. The summed E-state index contributed by atoms with van der Waals surface area (Å²) in [6, 6.07) is 4.07. The fourth-order valence-electron chi connectivity index (χ4n) is 1.64. The van der Waals surface area contributed by atoms with Crippen LogP contribution < -0.4 is 11.1 Å². The van der Waals surface area contributed by atoms with Gasteiger partial charge in [0.05, 0.1) is 11.7 Å². The Morgan fingerprint density at radius 1 is 1.39 bits per heavy atom. The molecule has 6 heteroatoms. The first-order valence-corrected chi connectivity index (χ1v) is 5.60. The number of rotatable bonds is 6. The van der Waals surface area contributed by atoms with E-state index in [0.717, 1.165) is 0 Å². The number of nitrogens with two attached hydrogens (primary N) is 1. The van der Waals surface area contributed by atoms with Crippen LogP contribution in [0.5, 0.6) is 0 Å². The highest BCUT2D eigenvalue weighted by Gasteiger charge is 2.19. The molecule has 18 heavy (non-hydrogen) atoms. The molecule has 0 amide bonds. The van der Waals surface area contributed by atoms with Crippen LogP contribution in [0, 0.1) is 0 Å². The Morgan fingerprint density at radius 2 is 2.06 bits per heavy atom. The monoisotopic (exact) mass is 254 g/mol. The Balaban J connectivity index is 2.91. The van der Waals surface area contributed by atoms with Gasteiger partial charge in [-0.25, -0.2) is 4.79 Å². The normalized spacial score (nSPS) is 14.2. The first kappa shape index (κ1) is 14.4. The Morgan fingerprint density at radius 3 is 2.61 bits per heavy atom. The number of benzene rings is 1. The third-order valence-electron chi connectivity index (χ3n) is 2.62. The summed E-state index contributed by atoms with van der Waals surface area (Å²) in [6.07, 6.45) is -1.77. The molecule has 0 saturated carbocycles. The highest BCUT2D eigenvalue weighted by atomic mass is 16.4. The standard InChI is InChI=1S/C12H18N2O4/c1-14-3-2-10(15)11(16)7-4-8(12(17)18)6-9(13)5-7/h4-6,10-11,14-16H,2-3,13H2,1H3,(H,17,18). The van der Waals surface area contributed by atoms with Gasteiger partial charge in [-0.3, -0.25) is 0 Å². The number of nitrogens with one attached hydrogen (secondary N) is 1. The molecule has 0 aliphatic heterocycles.